The van der Waals surface area contributed by atoms with Gasteiger partial charge in [-0.3, -0.25) is 0 Å². The number of hydrogen-bond acceptors (Lipinski definition) is 4. The van der Waals surface area contributed by atoms with E-state index in [1.54, 1.807) is 0 Å². The van der Waals surface area contributed by atoms with Crippen LogP contribution in [0.3, 0.4) is 0 Å². The summed E-state index contributed by atoms with van der Waals surface area (Å²) in [6.45, 7) is 1.95. The van der Waals surface area contributed by atoms with E-state index in [1.807, 2.05) is 6.92 Å². The molecule has 4 nitrogen and oxygen atoms in total. The van der Waals surface area contributed by atoms with Crippen LogP contribution in [0.1, 0.15) is 18.9 Å². The molecule has 0 unspecified atom stereocenters. The Kier molecular flexibility index (Phi) is 2.25. The van der Waals surface area contributed by atoms with Gasteiger partial charge in [-0.1, -0.05) is 13.3 Å². The van der Waals surface area contributed by atoms with Crippen LogP contribution in [0, 0.1) is 0 Å². The summed E-state index contributed by atoms with van der Waals surface area (Å²) in [7, 11) is 0. The van der Waals surface area contributed by atoms with E-state index in [4.69, 9.17) is 10.2 Å². The van der Waals surface area contributed by atoms with Crippen molar-refractivity contribution in [1.29, 1.82) is 0 Å². The summed E-state index contributed by atoms with van der Waals surface area (Å²) < 4.78 is 0. The van der Waals surface area contributed by atoms with Gasteiger partial charge in [0, 0.05) is 0 Å². The largest absolute Gasteiger partial charge is 0.493 e. The molecule has 0 aliphatic carbocycles. The molecule has 2 N–H and O–H groups in total. The monoisotopic (exact) mass is 154 g/mol. The first-order chi connectivity index (χ1) is 5.25. The fourth-order valence-corrected chi connectivity index (χ4v) is 0.868. The molecule has 0 amide bonds. The van der Waals surface area contributed by atoms with Gasteiger partial charge in [0.25, 0.3) is 0 Å². The third kappa shape index (κ3) is 1.58. The van der Waals surface area contributed by atoms with Crippen LogP contribution >= 0.6 is 0 Å². The second-order valence-corrected chi connectivity index (χ2v) is 2.25. The van der Waals surface area contributed by atoms with Gasteiger partial charge < -0.3 is 10.2 Å². The van der Waals surface area contributed by atoms with E-state index in [2.05, 4.69) is 9.97 Å². The van der Waals surface area contributed by atoms with Gasteiger partial charge in [0.2, 0.25) is 11.8 Å². The van der Waals surface area contributed by atoms with Gasteiger partial charge in [-0.15, -0.1) is 0 Å². The van der Waals surface area contributed by atoms with Crippen LogP contribution in [-0.4, -0.2) is 20.2 Å². The molecule has 1 rings (SSSR count). The summed E-state index contributed by atoms with van der Waals surface area (Å²) in [5.74, 6) is -0.251. The Balaban J connectivity index is 3.00. The highest BCUT2D eigenvalue weighted by Crippen LogP contribution is 2.22. The Morgan fingerprint density at radius 1 is 1.27 bits per heavy atom. The lowest BCUT2D eigenvalue weighted by Crippen LogP contribution is -1.90. The van der Waals surface area contributed by atoms with Crippen LogP contribution in [0.15, 0.2) is 6.33 Å². The SMILES string of the molecule is CCCc1c(O)ncnc1O. The molecule has 4 heteroatoms. The van der Waals surface area contributed by atoms with Crippen LogP contribution in [0.25, 0.3) is 0 Å². The number of hydrogen-bond donors (Lipinski definition) is 2. The van der Waals surface area contributed by atoms with Gasteiger partial charge in [0.15, 0.2) is 0 Å². The summed E-state index contributed by atoms with van der Waals surface area (Å²) in [5.41, 5.74) is 0.426. The molecule has 0 atom stereocenters. The molecule has 0 saturated carbocycles. The van der Waals surface area contributed by atoms with Gasteiger partial charge in [-0.05, 0) is 6.42 Å². The molecule has 0 bridgehead atoms. The Morgan fingerprint density at radius 3 is 2.27 bits per heavy atom. The van der Waals surface area contributed by atoms with Crippen LogP contribution < -0.4 is 0 Å². The lowest BCUT2D eigenvalue weighted by molar-refractivity contribution is 0.408. The summed E-state index contributed by atoms with van der Waals surface area (Å²) in [6, 6.07) is 0. The van der Waals surface area contributed by atoms with Crippen LogP contribution in [0.2, 0.25) is 0 Å². The van der Waals surface area contributed by atoms with Crippen molar-refractivity contribution in [2.45, 2.75) is 19.8 Å². The number of aromatic hydroxyl groups is 2. The maximum Gasteiger partial charge on any atom is 0.221 e. The summed E-state index contributed by atoms with van der Waals surface area (Å²) in [5, 5.41) is 18.2. The van der Waals surface area contributed by atoms with Crippen molar-refractivity contribution in [3.8, 4) is 11.8 Å². The van der Waals surface area contributed by atoms with Gasteiger partial charge in [-0.25, -0.2) is 9.97 Å². The van der Waals surface area contributed by atoms with Gasteiger partial charge >= 0.3 is 0 Å². The lowest BCUT2D eigenvalue weighted by Gasteiger charge is -2.01. The van der Waals surface area contributed by atoms with Gasteiger partial charge in [-0.2, -0.15) is 0 Å². The predicted molar refractivity (Wildman–Crippen MR) is 39.4 cm³/mol. The van der Waals surface area contributed by atoms with E-state index in [9.17, 15) is 0 Å². The minimum Gasteiger partial charge on any atom is -0.493 e. The Bertz CT molecular complexity index is 230. The number of rotatable bonds is 2. The molecule has 0 aliphatic rings. The summed E-state index contributed by atoms with van der Waals surface area (Å²) in [4.78, 5) is 7.09. The van der Waals surface area contributed by atoms with E-state index in [0.29, 0.717) is 12.0 Å². The maximum absolute atomic E-state index is 9.11. The molecular weight excluding hydrogens is 144 g/mol. The third-order valence-electron chi connectivity index (χ3n) is 1.40. The smallest absolute Gasteiger partial charge is 0.221 e. The second-order valence-electron chi connectivity index (χ2n) is 2.25. The van der Waals surface area contributed by atoms with E-state index in [1.165, 1.54) is 0 Å². The molecule has 0 saturated heterocycles. The average molecular weight is 154 g/mol. The zero-order chi connectivity index (χ0) is 8.27. The van der Waals surface area contributed by atoms with Crippen molar-refractivity contribution in [3.05, 3.63) is 11.9 Å². The maximum atomic E-state index is 9.11. The number of aromatic nitrogens is 2. The van der Waals surface area contributed by atoms with Crippen molar-refractivity contribution >= 4 is 0 Å². The van der Waals surface area contributed by atoms with Gasteiger partial charge in [0.05, 0.1) is 5.56 Å². The van der Waals surface area contributed by atoms with E-state index in [-0.39, 0.29) is 11.8 Å². The standard InChI is InChI=1S/C7H10N2O2/c1-2-3-5-6(10)8-4-9-7(5)11/h4H,2-3H2,1H3,(H2,8,9,10,11). The van der Waals surface area contributed by atoms with Crippen LogP contribution in [-0.2, 0) is 6.42 Å². The first-order valence-electron chi connectivity index (χ1n) is 3.47. The average Bonchev–Trinajstić information content (AvgIpc) is 1.97. The Labute approximate surface area is 64.6 Å². The molecule has 1 heterocycles. The zero-order valence-corrected chi connectivity index (χ0v) is 6.28. The van der Waals surface area contributed by atoms with E-state index < -0.39 is 0 Å². The Morgan fingerprint density at radius 2 is 1.82 bits per heavy atom. The third-order valence-corrected chi connectivity index (χ3v) is 1.40. The van der Waals surface area contributed by atoms with Crippen molar-refractivity contribution in [2.24, 2.45) is 0 Å². The molecular formula is C7H10N2O2. The van der Waals surface area contributed by atoms with E-state index >= 15 is 0 Å². The highest BCUT2D eigenvalue weighted by Gasteiger charge is 2.07. The predicted octanol–water partition coefficient (Wildman–Crippen LogP) is 0.840. The topological polar surface area (TPSA) is 66.2 Å². The Hall–Kier alpha value is -1.32. The minimum absolute atomic E-state index is 0.126. The number of nitrogens with zero attached hydrogens (tertiary/aromatic N) is 2. The molecule has 0 radical (unpaired) electrons. The molecule has 1 aromatic rings. The molecule has 0 aromatic carbocycles. The summed E-state index contributed by atoms with van der Waals surface area (Å²) >= 11 is 0. The normalized spacial score (nSPS) is 9.91. The molecule has 1 aromatic heterocycles. The quantitative estimate of drug-likeness (QED) is 0.662. The van der Waals surface area contributed by atoms with Crippen LogP contribution in [0.5, 0.6) is 11.8 Å². The van der Waals surface area contributed by atoms with Crippen molar-refractivity contribution < 1.29 is 10.2 Å². The first-order valence-corrected chi connectivity index (χ1v) is 3.47. The minimum atomic E-state index is -0.126. The van der Waals surface area contributed by atoms with Crippen molar-refractivity contribution in [3.63, 3.8) is 0 Å². The van der Waals surface area contributed by atoms with Crippen molar-refractivity contribution in [2.75, 3.05) is 0 Å². The molecule has 0 fully saturated rings. The van der Waals surface area contributed by atoms with Gasteiger partial charge in [0.1, 0.15) is 6.33 Å². The highest BCUT2D eigenvalue weighted by molar-refractivity contribution is 5.31. The lowest BCUT2D eigenvalue weighted by atomic mass is 10.2. The highest BCUT2D eigenvalue weighted by atomic mass is 16.3. The molecule has 0 spiro atoms. The van der Waals surface area contributed by atoms with E-state index in [0.717, 1.165) is 12.7 Å². The zero-order valence-electron chi connectivity index (χ0n) is 6.28. The fraction of sp³-hybridized carbons (Fsp3) is 0.429. The second kappa shape index (κ2) is 3.18. The van der Waals surface area contributed by atoms with Crippen LogP contribution in [0.4, 0.5) is 0 Å². The summed E-state index contributed by atoms with van der Waals surface area (Å²) in [6.07, 6.45) is 2.57. The molecule has 11 heavy (non-hydrogen) atoms. The first kappa shape index (κ1) is 7.78. The molecule has 0 aliphatic heterocycles. The van der Waals surface area contributed by atoms with Crippen molar-refractivity contribution in [1.82, 2.24) is 9.97 Å². The fourth-order valence-electron chi connectivity index (χ4n) is 0.868. The molecule has 60 valence electrons.